The molecule has 2 aliphatic rings. The predicted octanol–water partition coefficient (Wildman–Crippen LogP) is 4.29. The molecular formula is C21H24F2N4O2. The van der Waals surface area contributed by atoms with Crippen molar-refractivity contribution in [1.82, 2.24) is 9.88 Å². The van der Waals surface area contributed by atoms with E-state index in [9.17, 15) is 4.39 Å². The highest BCUT2D eigenvalue weighted by Crippen LogP contribution is 2.45. The second kappa shape index (κ2) is 7.87. The number of halogens is 2. The molecule has 154 valence electrons. The van der Waals surface area contributed by atoms with Crippen LogP contribution in [-0.4, -0.2) is 43.9 Å². The fourth-order valence-corrected chi connectivity index (χ4v) is 3.66. The first kappa shape index (κ1) is 19.4. The Labute approximate surface area is 168 Å². The molecule has 2 N–H and O–H groups in total. The predicted molar refractivity (Wildman–Crippen MR) is 109 cm³/mol. The molecule has 8 heteroatoms. The molecular weight excluding hydrogens is 378 g/mol. The van der Waals surface area contributed by atoms with Gasteiger partial charge in [0.1, 0.15) is 5.82 Å². The topological polar surface area (TPSA) is 58.7 Å². The number of rotatable bonds is 4. The molecule has 0 saturated carbocycles. The number of aryl methyl sites for hydroxylation is 1. The molecule has 0 fully saturated rings. The number of nitrogens with zero attached hydrogens (tertiary/aromatic N) is 2. The van der Waals surface area contributed by atoms with E-state index in [0.29, 0.717) is 22.9 Å². The third-order valence-corrected chi connectivity index (χ3v) is 5.21. The number of aromatic nitrogens is 1. The van der Waals surface area contributed by atoms with Crippen LogP contribution >= 0.6 is 0 Å². The molecule has 0 radical (unpaired) electrons. The molecule has 0 amide bonds. The smallest absolute Gasteiger partial charge is 0.231 e. The van der Waals surface area contributed by atoms with Crippen LogP contribution in [0.4, 0.5) is 26.0 Å². The van der Waals surface area contributed by atoms with Crippen LogP contribution in [0.25, 0.3) is 5.57 Å². The molecule has 2 aliphatic heterocycles. The summed E-state index contributed by atoms with van der Waals surface area (Å²) in [6, 6.07) is 3.07. The van der Waals surface area contributed by atoms with Gasteiger partial charge in [-0.05, 0) is 38.9 Å². The minimum atomic E-state index is -0.433. The first-order valence-electron chi connectivity index (χ1n) is 9.60. The SMILES string of the molecule is CNc1cc(Nc2cc3c(c(C4=CCN(C)CCC4)c2F)OCO3)nc(C)c1F. The average molecular weight is 402 g/mol. The Morgan fingerprint density at radius 2 is 1.97 bits per heavy atom. The zero-order chi connectivity index (χ0) is 20.5. The molecule has 2 aromatic rings. The number of nitrogens with one attached hydrogen (secondary N) is 2. The number of pyridine rings is 1. The third-order valence-electron chi connectivity index (χ3n) is 5.21. The second-order valence-corrected chi connectivity index (χ2v) is 7.27. The zero-order valence-electron chi connectivity index (χ0n) is 16.7. The van der Waals surface area contributed by atoms with Crippen LogP contribution in [-0.2, 0) is 0 Å². The van der Waals surface area contributed by atoms with Gasteiger partial charge in [-0.2, -0.15) is 0 Å². The van der Waals surface area contributed by atoms with Gasteiger partial charge in [0.05, 0.1) is 22.6 Å². The Kier molecular flexibility index (Phi) is 5.27. The molecule has 0 aliphatic carbocycles. The van der Waals surface area contributed by atoms with Crippen molar-refractivity contribution in [3.63, 3.8) is 0 Å². The summed E-state index contributed by atoms with van der Waals surface area (Å²) >= 11 is 0. The molecule has 4 rings (SSSR count). The molecule has 29 heavy (non-hydrogen) atoms. The standard InChI is InChI=1S/C21H24F2N4O2/c1-12-19(22)14(24-2)10-17(25-12)26-15-9-16-21(29-11-28-16)18(20(15)23)13-5-4-7-27(3)8-6-13/h6,9-10H,4-5,7-8,11H2,1-3H3,(H2,24,25,26). The summed E-state index contributed by atoms with van der Waals surface area (Å²) in [6.45, 7) is 3.31. The largest absolute Gasteiger partial charge is 0.453 e. The molecule has 0 spiro atoms. The van der Waals surface area contributed by atoms with Crippen LogP contribution in [0.2, 0.25) is 0 Å². The van der Waals surface area contributed by atoms with Crippen molar-refractivity contribution < 1.29 is 18.3 Å². The summed E-state index contributed by atoms with van der Waals surface area (Å²) in [5.41, 5.74) is 2.04. The Morgan fingerprint density at radius 1 is 1.14 bits per heavy atom. The lowest BCUT2D eigenvalue weighted by atomic mass is 9.98. The number of allylic oxidation sites excluding steroid dienone is 1. The second-order valence-electron chi connectivity index (χ2n) is 7.27. The molecule has 3 heterocycles. The molecule has 0 saturated heterocycles. The van der Waals surface area contributed by atoms with Gasteiger partial charge in [0, 0.05) is 25.7 Å². The van der Waals surface area contributed by atoms with E-state index in [-0.39, 0.29) is 23.9 Å². The van der Waals surface area contributed by atoms with Crippen LogP contribution < -0.4 is 20.1 Å². The highest BCUT2D eigenvalue weighted by molar-refractivity contribution is 5.80. The van der Waals surface area contributed by atoms with Gasteiger partial charge in [0.2, 0.25) is 6.79 Å². The van der Waals surface area contributed by atoms with E-state index in [1.807, 2.05) is 13.1 Å². The summed E-state index contributed by atoms with van der Waals surface area (Å²) in [5, 5.41) is 5.77. The molecule has 6 nitrogen and oxygen atoms in total. The van der Waals surface area contributed by atoms with E-state index >= 15 is 4.39 Å². The van der Waals surface area contributed by atoms with E-state index < -0.39 is 11.6 Å². The van der Waals surface area contributed by atoms with Gasteiger partial charge in [-0.1, -0.05) is 6.08 Å². The van der Waals surface area contributed by atoms with E-state index in [2.05, 4.69) is 20.5 Å². The Balaban J connectivity index is 1.77. The van der Waals surface area contributed by atoms with Crippen molar-refractivity contribution in [2.75, 3.05) is 44.6 Å². The van der Waals surface area contributed by atoms with Gasteiger partial charge in [-0.3, -0.25) is 0 Å². The Hall–Kier alpha value is -2.87. The first-order chi connectivity index (χ1) is 14.0. The van der Waals surface area contributed by atoms with Crippen molar-refractivity contribution in [3.8, 4) is 11.5 Å². The Bertz CT molecular complexity index is 978. The number of fused-ring (bicyclic) bond motifs is 1. The van der Waals surface area contributed by atoms with Gasteiger partial charge in [0.15, 0.2) is 23.1 Å². The van der Waals surface area contributed by atoms with Crippen molar-refractivity contribution in [2.24, 2.45) is 0 Å². The lowest BCUT2D eigenvalue weighted by Gasteiger charge is -2.16. The van der Waals surface area contributed by atoms with Crippen LogP contribution in [0, 0.1) is 18.6 Å². The normalized spacial score (nSPS) is 16.4. The van der Waals surface area contributed by atoms with Gasteiger partial charge < -0.3 is 25.0 Å². The summed E-state index contributed by atoms with van der Waals surface area (Å²) in [5.74, 6) is 0.391. The van der Waals surface area contributed by atoms with Crippen molar-refractivity contribution >= 4 is 22.8 Å². The van der Waals surface area contributed by atoms with Crippen molar-refractivity contribution in [2.45, 2.75) is 19.8 Å². The fourth-order valence-electron chi connectivity index (χ4n) is 3.66. The maximum Gasteiger partial charge on any atom is 0.231 e. The van der Waals surface area contributed by atoms with Gasteiger partial charge in [0.25, 0.3) is 0 Å². The van der Waals surface area contributed by atoms with Crippen molar-refractivity contribution in [1.29, 1.82) is 0 Å². The van der Waals surface area contributed by atoms with Crippen LogP contribution in [0.15, 0.2) is 18.2 Å². The monoisotopic (exact) mass is 402 g/mol. The summed E-state index contributed by atoms with van der Waals surface area (Å²) in [4.78, 5) is 6.38. The molecule has 0 bridgehead atoms. The maximum atomic E-state index is 15.6. The van der Waals surface area contributed by atoms with E-state index in [1.54, 1.807) is 20.0 Å². The molecule has 1 aromatic carbocycles. The lowest BCUT2D eigenvalue weighted by Crippen LogP contribution is -2.17. The van der Waals surface area contributed by atoms with Crippen LogP contribution in [0.1, 0.15) is 24.1 Å². The van der Waals surface area contributed by atoms with Gasteiger partial charge >= 0.3 is 0 Å². The quantitative estimate of drug-likeness (QED) is 0.796. The minimum Gasteiger partial charge on any atom is -0.453 e. The van der Waals surface area contributed by atoms with Crippen LogP contribution in [0.5, 0.6) is 11.5 Å². The summed E-state index contributed by atoms with van der Waals surface area (Å²) in [7, 11) is 3.66. The van der Waals surface area contributed by atoms with Crippen molar-refractivity contribution in [3.05, 3.63) is 41.1 Å². The van der Waals surface area contributed by atoms with E-state index in [1.165, 1.54) is 6.07 Å². The minimum absolute atomic E-state index is 0.0518. The number of ether oxygens (including phenoxy) is 2. The average Bonchev–Trinajstić information content (AvgIpc) is 3.05. The number of hydrogen-bond acceptors (Lipinski definition) is 6. The summed E-state index contributed by atoms with van der Waals surface area (Å²) in [6.07, 6.45) is 3.72. The van der Waals surface area contributed by atoms with Gasteiger partial charge in [-0.25, -0.2) is 13.8 Å². The fraction of sp³-hybridized carbons (Fsp3) is 0.381. The summed E-state index contributed by atoms with van der Waals surface area (Å²) < 4.78 is 40.8. The highest BCUT2D eigenvalue weighted by Gasteiger charge is 2.28. The number of likely N-dealkylation sites (N-methyl/N-ethyl adjacent to an activating group) is 1. The molecule has 0 unspecified atom stereocenters. The number of anilines is 3. The molecule has 1 aromatic heterocycles. The van der Waals surface area contributed by atoms with Gasteiger partial charge in [-0.15, -0.1) is 0 Å². The van der Waals surface area contributed by atoms with E-state index in [4.69, 9.17) is 9.47 Å². The van der Waals surface area contributed by atoms with Crippen LogP contribution in [0.3, 0.4) is 0 Å². The van der Waals surface area contributed by atoms with E-state index in [0.717, 1.165) is 31.5 Å². The number of benzene rings is 1. The zero-order valence-corrected chi connectivity index (χ0v) is 16.7. The molecule has 0 atom stereocenters. The Morgan fingerprint density at radius 3 is 2.76 bits per heavy atom. The highest BCUT2D eigenvalue weighted by atomic mass is 19.1. The third kappa shape index (κ3) is 3.72. The first-order valence-corrected chi connectivity index (χ1v) is 9.60. The lowest BCUT2D eigenvalue weighted by molar-refractivity contribution is 0.173. The maximum absolute atomic E-state index is 15.6. The number of hydrogen-bond donors (Lipinski definition) is 2.